The predicted molar refractivity (Wildman–Crippen MR) is 102 cm³/mol. The third-order valence-corrected chi connectivity index (χ3v) is 6.20. The monoisotopic (exact) mass is 367 g/mol. The second-order valence-electron chi connectivity index (χ2n) is 7.28. The first-order valence-electron chi connectivity index (χ1n) is 9.36. The number of fused-ring (bicyclic) bond motifs is 1. The van der Waals surface area contributed by atoms with Crippen LogP contribution in [0.4, 0.5) is 0 Å². The molecule has 0 radical (unpaired) electrons. The molecule has 5 rings (SSSR count). The van der Waals surface area contributed by atoms with Gasteiger partial charge in [0.2, 0.25) is 0 Å². The van der Waals surface area contributed by atoms with Crippen molar-refractivity contribution in [3.05, 3.63) is 51.6 Å². The van der Waals surface area contributed by atoms with Crippen LogP contribution in [0.1, 0.15) is 61.5 Å². The van der Waals surface area contributed by atoms with E-state index in [1.165, 1.54) is 37.1 Å². The Hall–Kier alpha value is -2.08. The summed E-state index contributed by atoms with van der Waals surface area (Å²) in [5, 5.41) is 10.9. The molecule has 134 valence electrons. The lowest BCUT2D eigenvalue weighted by molar-refractivity contribution is 0.559. The fourth-order valence-corrected chi connectivity index (χ4v) is 4.44. The lowest BCUT2D eigenvalue weighted by Gasteiger charge is -2.09. The quantitative estimate of drug-likeness (QED) is 0.476. The van der Waals surface area contributed by atoms with Crippen molar-refractivity contribution in [1.29, 1.82) is 0 Å². The number of hydrogen-bond donors (Lipinski definition) is 0. The Morgan fingerprint density at radius 2 is 2.04 bits per heavy atom. The van der Waals surface area contributed by atoms with Gasteiger partial charge in [-0.3, -0.25) is 0 Å². The molecule has 0 unspecified atom stereocenters. The number of hydrogen-bond acceptors (Lipinski definition) is 5. The first-order valence-corrected chi connectivity index (χ1v) is 10.3. The van der Waals surface area contributed by atoms with Gasteiger partial charge in [-0.05, 0) is 49.3 Å². The van der Waals surface area contributed by atoms with E-state index >= 15 is 0 Å². The third kappa shape index (κ3) is 2.96. The van der Waals surface area contributed by atoms with Gasteiger partial charge in [0.05, 0.1) is 0 Å². The summed E-state index contributed by atoms with van der Waals surface area (Å²) in [5.41, 5.74) is 2.56. The molecule has 0 N–H and O–H groups in total. The Balaban J connectivity index is 1.46. The van der Waals surface area contributed by atoms with Crippen molar-refractivity contribution < 1.29 is 4.42 Å². The molecule has 2 fully saturated rings. The van der Waals surface area contributed by atoms with Crippen molar-refractivity contribution in [2.45, 2.75) is 61.9 Å². The maximum Gasteiger partial charge on any atom is 0.336 e. The Kier molecular flexibility index (Phi) is 3.89. The molecular weight excluding hydrogens is 346 g/mol. The summed E-state index contributed by atoms with van der Waals surface area (Å²) in [6, 6.07) is 8.33. The van der Waals surface area contributed by atoms with Crippen molar-refractivity contribution in [2.24, 2.45) is 0 Å². The molecule has 5 nitrogen and oxygen atoms in total. The van der Waals surface area contributed by atoms with E-state index in [2.05, 4.69) is 33.8 Å². The van der Waals surface area contributed by atoms with E-state index in [0.29, 0.717) is 23.3 Å². The molecule has 0 spiro atoms. The Labute approximate surface area is 155 Å². The van der Waals surface area contributed by atoms with Crippen LogP contribution >= 0.6 is 11.8 Å². The van der Waals surface area contributed by atoms with Gasteiger partial charge in [0.1, 0.15) is 11.4 Å². The average Bonchev–Trinajstić information content (AvgIpc) is 3.57. The fourth-order valence-electron chi connectivity index (χ4n) is 3.44. The van der Waals surface area contributed by atoms with Crippen molar-refractivity contribution in [1.82, 2.24) is 14.8 Å². The third-order valence-electron chi connectivity index (χ3n) is 5.21. The number of aryl methyl sites for hydroxylation is 1. The second kappa shape index (κ2) is 6.27. The normalized spacial score (nSPS) is 17.1. The van der Waals surface area contributed by atoms with Crippen molar-refractivity contribution in [2.75, 3.05) is 0 Å². The summed E-state index contributed by atoms with van der Waals surface area (Å²) in [7, 11) is 0. The largest absolute Gasteiger partial charge is 0.423 e. The zero-order valence-corrected chi connectivity index (χ0v) is 15.6. The maximum atomic E-state index is 12.0. The SMILES string of the molecule is CCc1ccc2c(CSc3nnc(C4CC4)n3C3CC3)cc(=O)oc2c1. The highest BCUT2D eigenvalue weighted by molar-refractivity contribution is 7.98. The van der Waals surface area contributed by atoms with Gasteiger partial charge in [-0.25, -0.2) is 4.79 Å². The number of aromatic nitrogens is 3. The standard InChI is InChI=1S/C20H21N3O2S/c1-2-12-3-8-16-14(10-18(24)25-17(16)9-12)11-26-20-22-21-19(13-4-5-13)23(20)15-6-7-15/h3,8-10,13,15H,2,4-7,11H2,1H3. The highest BCUT2D eigenvalue weighted by Gasteiger charge is 2.36. The molecule has 2 aliphatic carbocycles. The summed E-state index contributed by atoms with van der Waals surface area (Å²) in [5.74, 6) is 2.47. The van der Waals surface area contributed by atoms with Gasteiger partial charge in [0.25, 0.3) is 0 Å². The number of thioether (sulfide) groups is 1. The van der Waals surface area contributed by atoms with Crippen molar-refractivity contribution >= 4 is 22.7 Å². The maximum absolute atomic E-state index is 12.0. The molecule has 2 aliphatic rings. The van der Waals surface area contributed by atoms with Gasteiger partial charge in [-0.15, -0.1) is 10.2 Å². The number of rotatable bonds is 6. The number of nitrogens with zero attached hydrogens (tertiary/aromatic N) is 3. The number of benzene rings is 1. The van der Waals surface area contributed by atoms with Crippen LogP contribution in [-0.2, 0) is 12.2 Å². The average molecular weight is 367 g/mol. The lowest BCUT2D eigenvalue weighted by Crippen LogP contribution is -2.03. The Morgan fingerprint density at radius 3 is 2.77 bits per heavy atom. The molecule has 6 heteroatoms. The van der Waals surface area contributed by atoms with E-state index in [4.69, 9.17) is 4.42 Å². The van der Waals surface area contributed by atoms with Crippen molar-refractivity contribution in [3.8, 4) is 0 Å². The molecule has 26 heavy (non-hydrogen) atoms. The van der Waals surface area contributed by atoms with Gasteiger partial charge < -0.3 is 8.98 Å². The molecule has 1 aromatic carbocycles. The van der Waals surface area contributed by atoms with Crippen LogP contribution in [0.2, 0.25) is 0 Å². The Morgan fingerprint density at radius 1 is 1.19 bits per heavy atom. The summed E-state index contributed by atoms with van der Waals surface area (Å²) in [6.07, 6.45) is 5.85. The van der Waals surface area contributed by atoms with Crippen LogP contribution in [0, 0.1) is 0 Å². The summed E-state index contributed by atoms with van der Waals surface area (Å²) >= 11 is 1.68. The minimum atomic E-state index is -0.288. The zero-order valence-electron chi connectivity index (χ0n) is 14.8. The van der Waals surface area contributed by atoms with E-state index in [1.54, 1.807) is 17.8 Å². The molecule has 0 atom stereocenters. The summed E-state index contributed by atoms with van der Waals surface area (Å²) < 4.78 is 7.77. The van der Waals surface area contributed by atoms with Gasteiger partial charge in [0.15, 0.2) is 5.16 Å². The molecule has 0 amide bonds. The minimum Gasteiger partial charge on any atom is -0.423 e. The topological polar surface area (TPSA) is 60.9 Å². The van der Waals surface area contributed by atoms with Crippen LogP contribution in [0.25, 0.3) is 11.0 Å². The van der Waals surface area contributed by atoms with E-state index in [0.717, 1.165) is 22.5 Å². The van der Waals surface area contributed by atoms with Gasteiger partial charge >= 0.3 is 5.63 Å². The fraction of sp³-hybridized carbons (Fsp3) is 0.450. The van der Waals surface area contributed by atoms with Crippen LogP contribution in [0.5, 0.6) is 0 Å². The predicted octanol–water partition coefficient (Wildman–Crippen LogP) is 4.45. The molecule has 3 aromatic rings. The molecular formula is C20H21N3O2S. The van der Waals surface area contributed by atoms with Gasteiger partial charge in [-0.1, -0.05) is 30.8 Å². The molecule has 2 saturated carbocycles. The van der Waals surface area contributed by atoms with Crippen LogP contribution < -0.4 is 5.63 Å². The second-order valence-corrected chi connectivity index (χ2v) is 8.22. The molecule has 0 bridgehead atoms. The van der Waals surface area contributed by atoms with E-state index in [1.807, 2.05) is 6.07 Å². The summed E-state index contributed by atoms with van der Waals surface area (Å²) in [4.78, 5) is 12.0. The smallest absolute Gasteiger partial charge is 0.336 e. The van der Waals surface area contributed by atoms with Gasteiger partial charge in [-0.2, -0.15) is 0 Å². The molecule has 2 aromatic heterocycles. The van der Waals surface area contributed by atoms with Crippen LogP contribution in [0.3, 0.4) is 0 Å². The lowest BCUT2D eigenvalue weighted by atomic mass is 10.1. The zero-order chi connectivity index (χ0) is 17.7. The molecule has 0 aliphatic heterocycles. The molecule has 2 heterocycles. The van der Waals surface area contributed by atoms with E-state index in [-0.39, 0.29) is 5.63 Å². The first kappa shape index (κ1) is 16.1. The minimum absolute atomic E-state index is 0.288. The van der Waals surface area contributed by atoms with E-state index in [9.17, 15) is 4.79 Å². The van der Waals surface area contributed by atoms with E-state index < -0.39 is 0 Å². The first-order chi connectivity index (χ1) is 12.7. The summed E-state index contributed by atoms with van der Waals surface area (Å²) in [6.45, 7) is 2.10. The van der Waals surface area contributed by atoms with Crippen molar-refractivity contribution in [3.63, 3.8) is 0 Å². The van der Waals surface area contributed by atoms with Crippen LogP contribution in [-0.4, -0.2) is 14.8 Å². The van der Waals surface area contributed by atoms with Crippen LogP contribution in [0.15, 0.2) is 38.6 Å². The van der Waals surface area contributed by atoms with Gasteiger partial charge in [0, 0.05) is 29.2 Å². The highest BCUT2D eigenvalue weighted by atomic mass is 32.2. The molecule has 0 saturated heterocycles. The Bertz CT molecular complexity index is 1030. The highest BCUT2D eigenvalue weighted by Crippen LogP contribution is 2.46.